The summed E-state index contributed by atoms with van der Waals surface area (Å²) in [6, 6.07) is 7.58. The lowest BCUT2D eigenvalue weighted by molar-refractivity contribution is 0.0750. The van der Waals surface area contributed by atoms with Gasteiger partial charge in [-0.25, -0.2) is 0 Å². The molecule has 0 aliphatic heterocycles. The van der Waals surface area contributed by atoms with Crippen LogP contribution in [0.5, 0.6) is 0 Å². The van der Waals surface area contributed by atoms with Gasteiger partial charge in [0, 0.05) is 17.3 Å². The first-order valence-corrected chi connectivity index (χ1v) is 7.16. The van der Waals surface area contributed by atoms with E-state index in [0.29, 0.717) is 5.56 Å². The lowest BCUT2D eigenvalue weighted by Gasteiger charge is -2.34. The smallest absolute Gasteiger partial charge is 0.266 e. The Balaban J connectivity index is 2.73. The van der Waals surface area contributed by atoms with Crippen molar-refractivity contribution in [1.82, 2.24) is 9.95 Å². The molecule has 0 bridgehead atoms. The highest BCUT2D eigenvalue weighted by molar-refractivity contribution is 6.14. The highest BCUT2D eigenvalue weighted by atomic mass is 35.5. The maximum absolute atomic E-state index is 12.1. The molecule has 1 N–H and O–H groups in total. The van der Waals surface area contributed by atoms with E-state index < -0.39 is 0 Å². The van der Waals surface area contributed by atoms with Gasteiger partial charge in [0.05, 0.1) is 5.54 Å². The van der Waals surface area contributed by atoms with Gasteiger partial charge < -0.3 is 0 Å². The largest absolute Gasteiger partial charge is 0.270 e. The minimum atomic E-state index is -0.236. The molecular formula is C15H23ClN2O. The molecule has 1 aromatic carbocycles. The van der Waals surface area contributed by atoms with Crippen molar-refractivity contribution in [1.29, 1.82) is 0 Å². The zero-order valence-corrected chi connectivity index (χ0v) is 12.9. The van der Waals surface area contributed by atoms with Gasteiger partial charge in [0.25, 0.3) is 5.91 Å². The molecule has 0 unspecified atom stereocenters. The molecule has 0 saturated heterocycles. The molecule has 0 aromatic heterocycles. The molecule has 0 radical (unpaired) electrons. The van der Waals surface area contributed by atoms with Crippen molar-refractivity contribution in [3.8, 4) is 0 Å². The fraction of sp³-hybridized carbons (Fsp3) is 0.533. The molecule has 0 fully saturated rings. The molecule has 4 heteroatoms. The number of amides is 1. The summed E-state index contributed by atoms with van der Waals surface area (Å²) >= 11 is 6.19. The minimum Gasteiger partial charge on any atom is -0.270 e. The van der Waals surface area contributed by atoms with Crippen molar-refractivity contribution in [2.75, 3.05) is 0 Å². The summed E-state index contributed by atoms with van der Waals surface area (Å²) in [4.78, 5) is 12.1. The van der Waals surface area contributed by atoms with Crippen molar-refractivity contribution in [3.63, 3.8) is 0 Å². The second kappa shape index (κ2) is 6.92. The molecular weight excluding hydrogens is 260 g/mol. The van der Waals surface area contributed by atoms with Crippen LogP contribution in [-0.2, 0) is 6.42 Å². The van der Waals surface area contributed by atoms with Crippen LogP contribution in [0.3, 0.4) is 0 Å². The molecule has 1 rings (SSSR count). The van der Waals surface area contributed by atoms with Gasteiger partial charge in [-0.05, 0) is 43.9 Å². The Morgan fingerprint density at radius 2 is 1.74 bits per heavy atom. The van der Waals surface area contributed by atoms with E-state index in [0.717, 1.165) is 19.3 Å². The van der Waals surface area contributed by atoms with Gasteiger partial charge in [-0.1, -0.05) is 32.9 Å². The standard InChI is InChI=1S/C15H23ClN2O/c1-5-12-8-10-13(11-9-12)14(19)17-18(16)15(4,6-2)7-3/h8-11H,5-7H2,1-4H3,(H,17,19). The van der Waals surface area contributed by atoms with Crippen LogP contribution in [0.2, 0.25) is 0 Å². The van der Waals surface area contributed by atoms with Crippen molar-refractivity contribution in [3.05, 3.63) is 35.4 Å². The third kappa shape index (κ3) is 3.95. The van der Waals surface area contributed by atoms with Gasteiger partial charge in [-0.15, -0.1) is 4.53 Å². The van der Waals surface area contributed by atoms with Crippen LogP contribution in [-0.4, -0.2) is 16.0 Å². The van der Waals surface area contributed by atoms with E-state index in [9.17, 15) is 4.79 Å². The van der Waals surface area contributed by atoms with Crippen LogP contribution in [0.25, 0.3) is 0 Å². The van der Waals surface area contributed by atoms with Gasteiger partial charge in [0.15, 0.2) is 0 Å². The van der Waals surface area contributed by atoms with Crippen LogP contribution < -0.4 is 5.43 Å². The Morgan fingerprint density at radius 1 is 1.21 bits per heavy atom. The van der Waals surface area contributed by atoms with Crippen molar-refractivity contribution in [2.24, 2.45) is 0 Å². The number of nitrogens with zero attached hydrogens (tertiary/aromatic N) is 1. The molecule has 0 spiro atoms. The Morgan fingerprint density at radius 3 is 2.16 bits per heavy atom. The number of hydrogen-bond donors (Lipinski definition) is 1. The number of rotatable bonds is 6. The van der Waals surface area contributed by atoms with E-state index in [-0.39, 0.29) is 11.4 Å². The normalized spacial score (nSPS) is 11.7. The lowest BCUT2D eigenvalue weighted by atomic mass is 9.97. The zero-order valence-electron chi connectivity index (χ0n) is 12.2. The van der Waals surface area contributed by atoms with Crippen LogP contribution in [0.15, 0.2) is 24.3 Å². The van der Waals surface area contributed by atoms with E-state index in [1.165, 1.54) is 10.1 Å². The molecule has 1 amide bonds. The van der Waals surface area contributed by atoms with Crippen molar-refractivity contribution >= 4 is 17.7 Å². The third-order valence-corrected chi connectivity index (χ3v) is 4.31. The number of hydrogen-bond acceptors (Lipinski definition) is 2. The quantitative estimate of drug-likeness (QED) is 0.633. The average Bonchev–Trinajstić information content (AvgIpc) is 2.46. The molecule has 0 aliphatic rings. The third-order valence-electron chi connectivity index (χ3n) is 3.82. The summed E-state index contributed by atoms with van der Waals surface area (Å²) in [6.07, 6.45) is 2.69. The summed E-state index contributed by atoms with van der Waals surface area (Å²) in [6.45, 7) is 8.23. The predicted molar refractivity (Wildman–Crippen MR) is 80.0 cm³/mol. The fourth-order valence-corrected chi connectivity index (χ4v) is 2.02. The number of hydrazine groups is 1. The first-order chi connectivity index (χ1) is 8.96. The van der Waals surface area contributed by atoms with E-state index in [1.54, 1.807) is 0 Å². The maximum Gasteiger partial charge on any atom is 0.266 e. The Bertz CT molecular complexity index is 413. The van der Waals surface area contributed by atoms with Gasteiger partial charge in [0.1, 0.15) is 0 Å². The molecule has 0 heterocycles. The van der Waals surface area contributed by atoms with Gasteiger partial charge in [-0.2, -0.15) is 0 Å². The van der Waals surface area contributed by atoms with Crippen molar-refractivity contribution in [2.45, 2.75) is 52.5 Å². The summed E-state index contributed by atoms with van der Waals surface area (Å²) in [5, 5.41) is 0. The number of nitrogens with one attached hydrogen (secondary N) is 1. The number of carbonyl (C=O) groups is 1. The first-order valence-electron chi connectivity index (χ1n) is 6.82. The molecule has 0 saturated carbocycles. The van der Waals surface area contributed by atoms with Crippen molar-refractivity contribution < 1.29 is 4.79 Å². The van der Waals surface area contributed by atoms with E-state index in [2.05, 4.69) is 26.2 Å². The second-order valence-electron chi connectivity index (χ2n) is 4.98. The Hall–Kier alpha value is -1.06. The second-order valence-corrected chi connectivity index (χ2v) is 5.31. The SMILES string of the molecule is CCc1ccc(C(=O)NN(Cl)C(C)(CC)CC)cc1. The van der Waals surface area contributed by atoms with E-state index >= 15 is 0 Å². The number of carbonyl (C=O) groups excluding carboxylic acids is 1. The summed E-state index contributed by atoms with van der Waals surface area (Å²) < 4.78 is 1.41. The minimum absolute atomic E-state index is 0.175. The number of halogens is 1. The van der Waals surface area contributed by atoms with Crippen LogP contribution in [0, 0.1) is 0 Å². The van der Waals surface area contributed by atoms with Gasteiger partial charge in [-0.3, -0.25) is 10.2 Å². The predicted octanol–water partition coefficient (Wildman–Crippen LogP) is 3.93. The van der Waals surface area contributed by atoms with Crippen LogP contribution in [0.4, 0.5) is 0 Å². The lowest BCUT2D eigenvalue weighted by Crippen LogP contribution is -2.49. The summed E-state index contributed by atoms with van der Waals surface area (Å²) in [5.74, 6) is -0.175. The number of benzene rings is 1. The molecule has 3 nitrogen and oxygen atoms in total. The Kier molecular flexibility index (Phi) is 5.83. The van der Waals surface area contributed by atoms with Gasteiger partial charge in [0.2, 0.25) is 0 Å². The van der Waals surface area contributed by atoms with Crippen LogP contribution in [0.1, 0.15) is 56.5 Å². The molecule has 0 aliphatic carbocycles. The van der Waals surface area contributed by atoms with Crippen LogP contribution >= 0.6 is 11.8 Å². The molecule has 19 heavy (non-hydrogen) atoms. The fourth-order valence-electron chi connectivity index (χ4n) is 1.71. The highest BCUT2D eigenvalue weighted by Gasteiger charge is 2.28. The number of aryl methyl sites for hydroxylation is 1. The van der Waals surface area contributed by atoms with Gasteiger partial charge >= 0.3 is 0 Å². The first kappa shape index (κ1) is 16.0. The zero-order chi connectivity index (χ0) is 14.5. The molecule has 0 atom stereocenters. The summed E-state index contributed by atoms with van der Waals surface area (Å²) in [5.41, 5.74) is 4.34. The average molecular weight is 283 g/mol. The Labute approximate surface area is 121 Å². The molecule has 106 valence electrons. The summed E-state index contributed by atoms with van der Waals surface area (Å²) in [7, 11) is 0. The highest BCUT2D eigenvalue weighted by Crippen LogP contribution is 2.23. The van der Waals surface area contributed by atoms with E-state index in [1.807, 2.05) is 31.2 Å². The topological polar surface area (TPSA) is 32.3 Å². The van der Waals surface area contributed by atoms with E-state index in [4.69, 9.17) is 11.8 Å². The maximum atomic E-state index is 12.1. The molecule has 1 aromatic rings. The monoisotopic (exact) mass is 282 g/mol.